The molecule has 0 atom stereocenters. The summed E-state index contributed by atoms with van der Waals surface area (Å²) in [6.45, 7) is 5.52. The van der Waals surface area contributed by atoms with E-state index in [0.29, 0.717) is 0 Å². The van der Waals surface area contributed by atoms with Gasteiger partial charge in [0, 0.05) is 37.7 Å². The summed E-state index contributed by atoms with van der Waals surface area (Å²) in [5.41, 5.74) is 1.20. The molecule has 1 amide bonds. The van der Waals surface area contributed by atoms with Crippen molar-refractivity contribution in [3.05, 3.63) is 34.3 Å². The summed E-state index contributed by atoms with van der Waals surface area (Å²) in [5, 5.41) is 3.26. The van der Waals surface area contributed by atoms with Gasteiger partial charge in [-0.05, 0) is 37.5 Å². The number of hydrogen-bond acceptors (Lipinski definition) is 2. The molecule has 1 aromatic rings. The Kier molecular flexibility index (Phi) is 9.65. The normalized spacial score (nSPS) is 14.3. The van der Waals surface area contributed by atoms with Gasteiger partial charge in [-0.15, -0.1) is 24.0 Å². The van der Waals surface area contributed by atoms with Gasteiger partial charge in [0.05, 0.1) is 0 Å². The number of guanidine groups is 1. The zero-order valence-electron chi connectivity index (χ0n) is 14.3. The van der Waals surface area contributed by atoms with E-state index >= 15 is 0 Å². The highest BCUT2D eigenvalue weighted by molar-refractivity contribution is 14.0. The number of carbonyl (C=O) groups is 1. The van der Waals surface area contributed by atoms with E-state index in [4.69, 9.17) is 0 Å². The molecule has 0 spiro atoms. The quantitative estimate of drug-likeness (QED) is 0.377. The number of likely N-dealkylation sites (tertiary alicyclic amines) is 1. The molecule has 7 heteroatoms. The molecule has 1 N–H and O–H groups in total. The fraction of sp³-hybridized carbons (Fsp3) is 0.529. The Labute approximate surface area is 170 Å². The van der Waals surface area contributed by atoms with Gasteiger partial charge in [-0.3, -0.25) is 4.79 Å². The Morgan fingerprint density at radius 2 is 1.92 bits per heavy atom. The average Bonchev–Trinajstić information content (AvgIpc) is 3.07. The van der Waals surface area contributed by atoms with Gasteiger partial charge in [-0.1, -0.05) is 28.1 Å². The standard InChI is InChI=1S/C17H25BrN4O.HI/c1-3-19-17(20-12-16(23)22-10-4-5-11-22)21(2)13-14-6-8-15(18)9-7-14;/h6-9H,3-5,10-13H2,1-2H3,(H,19,20);1H. The highest BCUT2D eigenvalue weighted by atomic mass is 127. The number of hydrogen-bond donors (Lipinski definition) is 1. The summed E-state index contributed by atoms with van der Waals surface area (Å²) in [6, 6.07) is 8.23. The molecule has 0 aromatic heterocycles. The summed E-state index contributed by atoms with van der Waals surface area (Å²) < 4.78 is 1.07. The SMILES string of the molecule is CCNC(=NCC(=O)N1CCCC1)N(C)Cc1ccc(Br)cc1.I. The molecule has 134 valence electrons. The van der Waals surface area contributed by atoms with Gasteiger partial charge in [0.15, 0.2) is 5.96 Å². The first-order valence-corrected chi connectivity index (χ1v) is 8.91. The van der Waals surface area contributed by atoms with Crippen molar-refractivity contribution >= 4 is 51.8 Å². The van der Waals surface area contributed by atoms with Crippen LogP contribution in [-0.4, -0.2) is 54.9 Å². The largest absolute Gasteiger partial charge is 0.357 e. The maximum atomic E-state index is 12.1. The van der Waals surface area contributed by atoms with E-state index in [2.05, 4.69) is 38.4 Å². The van der Waals surface area contributed by atoms with Crippen LogP contribution in [0.15, 0.2) is 33.7 Å². The maximum Gasteiger partial charge on any atom is 0.244 e. The Hall–Kier alpha value is -0.830. The molecule has 2 rings (SSSR count). The van der Waals surface area contributed by atoms with Crippen LogP contribution in [0, 0.1) is 0 Å². The molecule has 1 aromatic carbocycles. The third-order valence-corrected chi connectivity index (χ3v) is 4.38. The summed E-state index contributed by atoms with van der Waals surface area (Å²) in [5.74, 6) is 0.887. The molecule has 1 heterocycles. The summed E-state index contributed by atoms with van der Waals surface area (Å²) >= 11 is 3.45. The predicted octanol–water partition coefficient (Wildman–Crippen LogP) is 3.09. The molecule has 1 saturated heterocycles. The number of nitrogens with zero attached hydrogens (tertiary/aromatic N) is 3. The van der Waals surface area contributed by atoms with Crippen molar-refractivity contribution in [1.29, 1.82) is 0 Å². The van der Waals surface area contributed by atoms with Crippen molar-refractivity contribution in [2.24, 2.45) is 4.99 Å². The first-order chi connectivity index (χ1) is 11.1. The van der Waals surface area contributed by atoms with E-state index in [-0.39, 0.29) is 36.4 Å². The molecule has 0 bridgehead atoms. The molecule has 0 aliphatic carbocycles. The highest BCUT2D eigenvalue weighted by Gasteiger charge is 2.17. The number of benzene rings is 1. The van der Waals surface area contributed by atoms with Gasteiger partial charge in [-0.25, -0.2) is 4.99 Å². The highest BCUT2D eigenvalue weighted by Crippen LogP contribution is 2.12. The van der Waals surface area contributed by atoms with E-state index < -0.39 is 0 Å². The zero-order chi connectivity index (χ0) is 16.7. The lowest BCUT2D eigenvalue weighted by Gasteiger charge is -2.22. The van der Waals surface area contributed by atoms with Crippen LogP contribution in [0.1, 0.15) is 25.3 Å². The van der Waals surface area contributed by atoms with E-state index in [1.54, 1.807) is 0 Å². The summed E-state index contributed by atoms with van der Waals surface area (Å²) in [7, 11) is 1.99. The third-order valence-electron chi connectivity index (χ3n) is 3.85. The van der Waals surface area contributed by atoms with Crippen LogP contribution in [-0.2, 0) is 11.3 Å². The van der Waals surface area contributed by atoms with E-state index in [1.807, 2.05) is 35.9 Å². The summed E-state index contributed by atoms with van der Waals surface area (Å²) in [6.07, 6.45) is 2.22. The maximum absolute atomic E-state index is 12.1. The molecule has 0 unspecified atom stereocenters. The smallest absolute Gasteiger partial charge is 0.244 e. The zero-order valence-corrected chi connectivity index (χ0v) is 18.2. The molecule has 24 heavy (non-hydrogen) atoms. The first kappa shape index (κ1) is 21.2. The summed E-state index contributed by atoms with van der Waals surface area (Å²) in [4.78, 5) is 20.6. The molecule has 1 fully saturated rings. The lowest BCUT2D eigenvalue weighted by molar-refractivity contribution is -0.128. The second-order valence-electron chi connectivity index (χ2n) is 5.74. The second kappa shape index (κ2) is 10.9. The van der Waals surface area contributed by atoms with Crippen molar-refractivity contribution in [2.45, 2.75) is 26.3 Å². The van der Waals surface area contributed by atoms with Gasteiger partial charge in [0.2, 0.25) is 5.91 Å². The second-order valence-corrected chi connectivity index (χ2v) is 6.66. The van der Waals surface area contributed by atoms with Crippen LogP contribution in [0.4, 0.5) is 0 Å². The first-order valence-electron chi connectivity index (χ1n) is 8.12. The average molecular weight is 509 g/mol. The topological polar surface area (TPSA) is 47.9 Å². The third kappa shape index (κ3) is 6.58. The molecule has 0 saturated carbocycles. The van der Waals surface area contributed by atoms with E-state index in [9.17, 15) is 4.79 Å². The van der Waals surface area contributed by atoms with Crippen LogP contribution >= 0.6 is 39.9 Å². The van der Waals surface area contributed by atoms with E-state index in [0.717, 1.165) is 49.5 Å². The van der Waals surface area contributed by atoms with E-state index in [1.165, 1.54) is 5.56 Å². The predicted molar refractivity (Wildman–Crippen MR) is 113 cm³/mol. The van der Waals surface area contributed by atoms with Gasteiger partial charge in [0.1, 0.15) is 6.54 Å². The number of halogens is 2. The number of aliphatic imine (C=N–C) groups is 1. The minimum Gasteiger partial charge on any atom is -0.357 e. The van der Waals surface area contributed by atoms with Crippen molar-refractivity contribution in [2.75, 3.05) is 33.2 Å². The monoisotopic (exact) mass is 508 g/mol. The number of amides is 1. The minimum absolute atomic E-state index is 0. The van der Waals surface area contributed by atoms with Crippen LogP contribution in [0.3, 0.4) is 0 Å². The van der Waals surface area contributed by atoms with Gasteiger partial charge >= 0.3 is 0 Å². The van der Waals surface area contributed by atoms with Gasteiger partial charge in [0.25, 0.3) is 0 Å². The lowest BCUT2D eigenvalue weighted by atomic mass is 10.2. The van der Waals surface area contributed by atoms with Crippen molar-refractivity contribution < 1.29 is 4.79 Å². The minimum atomic E-state index is 0. The molecule has 1 aliphatic heterocycles. The Morgan fingerprint density at radius 3 is 2.50 bits per heavy atom. The Balaban J connectivity index is 0.00000288. The molecule has 1 aliphatic rings. The molecular weight excluding hydrogens is 483 g/mol. The lowest BCUT2D eigenvalue weighted by Crippen LogP contribution is -2.39. The number of rotatable bonds is 5. The molecular formula is C17H26BrIN4O. The fourth-order valence-corrected chi connectivity index (χ4v) is 2.88. The van der Waals surface area contributed by atoms with Crippen LogP contribution in [0.2, 0.25) is 0 Å². The molecule has 0 radical (unpaired) electrons. The Morgan fingerprint density at radius 1 is 1.29 bits per heavy atom. The van der Waals surface area contributed by atoms with Gasteiger partial charge in [-0.2, -0.15) is 0 Å². The van der Waals surface area contributed by atoms with Crippen LogP contribution < -0.4 is 5.32 Å². The van der Waals surface area contributed by atoms with Gasteiger partial charge < -0.3 is 15.1 Å². The molecule has 5 nitrogen and oxygen atoms in total. The van der Waals surface area contributed by atoms with Crippen molar-refractivity contribution in [1.82, 2.24) is 15.1 Å². The fourth-order valence-electron chi connectivity index (χ4n) is 2.62. The van der Waals surface area contributed by atoms with Crippen LogP contribution in [0.5, 0.6) is 0 Å². The number of nitrogens with one attached hydrogen (secondary N) is 1. The Bertz CT molecular complexity index is 544. The van der Waals surface area contributed by atoms with Crippen LogP contribution in [0.25, 0.3) is 0 Å². The number of carbonyl (C=O) groups excluding carboxylic acids is 1. The van der Waals surface area contributed by atoms with Crippen molar-refractivity contribution in [3.63, 3.8) is 0 Å². The van der Waals surface area contributed by atoms with Crippen molar-refractivity contribution in [3.8, 4) is 0 Å².